The number of benzene rings is 2. The lowest BCUT2D eigenvalue weighted by atomic mass is 10.1. The Morgan fingerprint density at radius 2 is 1.85 bits per heavy atom. The van der Waals surface area contributed by atoms with Gasteiger partial charge in [-0.15, -0.1) is 0 Å². The Morgan fingerprint density at radius 3 is 2.60 bits per heavy atom. The van der Waals surface area contributed by atoms with Crippen LogP contribution in [0.1, 0.15) is 24.0 Å². The van der Waals surface area contributed by atoms with Crippen molar-refractivity contribution in [2.24, 2.45) is 0 Å². The lowest BCUT2D eigenvalue weighted by Crippen LogP contribution is -2.02. The fourth-order valence-corrected chi connectivity index (χ4v) is 2.04. The van der Waals surface area contributed by atoms with E-state index in [1.807, 2.05) is 25.1 Å². The summed E-state index contributed by atoms with van der Waals surface area (Å²) in [6.07, 6.45) is 2.95. The quantitative estimate of drug-likeness (QED) is 0.634. The summed E-state index contributed by atoms with van der Waals surface area (Å²) in [5.41, 5.74) is 8.25. The lowest BCUT2D eigenvalue weighted by molar-refractivity contribution is 0.292. The van der Waals surface area contributed by atoms with Gasteiger partial charge in [0.2, 0.25) is 0 Å². The molecule has 3 heteroatoms. The zero-order chi connectivity index (χ0) is 14.4. The summed E-state index contributed by atoms with van der Waals surface area (Å²) in [5.74, 6) is -0.104. The second-order valence-corrected chi connectivity index (χ2v) is 4.93. The van der Waals surface area contributed by atoms with Gasteiger partial charge in [-0.2, -0.15) is 0 Å². The van der Waals surface area contributed by atoms with Crippen LogP contribution < -0.4 is 10.5 Å². The number of hydrogen-bond donors (Lipinski definition) is 1. The van der Waals surface area contributed by atoms with Crippen molar-refractivity contribution in [3.05, 3.63) is 59.4 Å². The van der Waals surface area contributed by atoms with Crippen LogP contribution in [0.25, 0.3) is 0 Å². The fourth-order valence-electron chi connectivity index (χ4n) is 2.04. The monoisotopic (exact) mass is 273 g/mol. The Bertz CT molecular complexity index is 554. The summed E-state index contributed by atoms with van der Waals surface area (Å²) in [6, 6.07) is 13.3. The van der Waals surface area contributed by atoms with Gasteiger partial charge in [-0.1, -0.05) is 30.3 Å². The molecule has 2 rings (SSSR count). The SMILES string of the molecule is Cc1cc(OCCCCc2ccccc2)c(F)cc1N. The van der Waals surface area contributed by atoms with Crippen molar-refractivity contribution in [2.45, 2.75) is 26.2 Å². The first kappa shape index (κ1) is 14.4. The first-order valence-electron chi connectivity index (χ1n) is 6.89. The summed E-state index contributed by atoms with van der Waals surface area (Å²) < 4.78 is 19.1. The number of hydrogen-bond acceptors (Lipinski definition) is 2. The molecule has 2 aromatic rings. The Kier molecular flexibility index (Phi) is 4.99. The van der Waals surface area contributed by atoms with E-state index in [0.29, 0.717) is 12.3 Å². The molecule has 0 saturated carbocycles. The number of aryl methyl sites for hydroxylation is 2. The number of nitrogens with two attached hydrogens (primary N) is 1. The van der Waals surface area contributed by atoms with Crippen LogP contribution in [-0.2, 0) is 6.42 Å². The van der Waals surface area contributed by atoms with Crippen LogP contribution in [-0.4, -0.2) is 6.61 Å². The summed E-state index contributed by atoms with van der Waals surface area (Å²) in [7, 11) is 0. The van der Waals surface area contributed by atoms with Gasteiger partial charge in [-0.25, -0.2) is 4.39 Å². The third-order valence-electron chi connectivity index (χ3n) is 3.28. The first-order valence-corrected chi connectivity index (χ1v) is 6.89. The van der Waals surface area contributed by atoms with Crippen molar-refractivity contribution in [3.63, 3.8) is 0 Å². The van der Waals surface area contributed by atoms with E-state index in [0.717, 1.165) is 24.8 Å². The number of halogens is 1. The average Bonchev–Trinajstić information content (AvgIpc) is 2.45. The molecule has 0 atom stereocenters. The van der Waals surface area contributed by atoms with Gasteiger partial charge in [-0.05, 0) is 43.4 Å². The van der Waals surface area contributed by atoms with Crippen molar-refractivity contribution < 1.29 is 9.13 Å². The summed E-state index contributed by atoms with van der Waals surface area (Å²) in [4.78, 5) is 0. The van der Waals surface area contributed by atoms with Gasteiger partial charge in [-0.3, -0.25) is 0 Å². The van der Waals surface area contributed by atoms with Crippen molar-refractivity contribution in [1.29, 1.82) is 0 Å². The van der Waals surface area contributed by atoms with Crippen LogP contribution in [0, 0.1) is 12.7 Å². The van der Waals surface area contributed by atoms with Crippen LogP contribution in [0.2, 0.25) is 0 Å². The molecule has 0 aliphatic carbocycles. The summed E-state index contributed by atoms with van der Waals surface area (Å²) >= 11 is 0. The number of unbranched alkanes of at least 4 members (excludes halogenated alkanes) is 1. The third kappa shape index (κ3) is 3.98. The van der Waals surface area contributed by atoms with Gasteiger partial charge in [0.25, 0.3) is 0 Å². The molecule has 0 amide bonds. The Labute approximate surface area is 119 Å². The highest BCUT2D eigenvalue weighted by atomic mass is 19.1. The Hall–Kier alpha value is -2.03. The smallest absolute Gasteiger partial charge is 0.167 e. The highest BCUT2D eigenvalue weighted by molar-refractivity contribution is 5.50. The molecule has 0 unspecified atom stereocenters. The van der Waals surface area contributed by atoms with Crippen molar-refractivity contribution >= 4 is 5.69 Å². The Morgan fingerprint density at radius 1 is 1.10 bits per heavy atom. The molecule has 0 saturated heterocycles. The first-order chi connectivity index (χ1) is 9.66. The van der Waals surface area contributed by atoms with E-state index in [2.05, 4.69) is 12.1 Å². The minimum atomic E-state index is -0.392. The Balaban J connectivity index is 1.75. The third-order valence-corrected chi connectivity index (χ3v) is 3.28. The molecule has 0 aliphatic heterocycles. The molecule has 106 valence electrons. The zero-order valence-electron chi connectivity index (χ0n) is 11.7. The van der Waals surface area contributed by atoms with Gasteiger partial charge < -0.3 is 10.5 Å². The van der Waals surface area contributed by atoms with Crippen LogP contribution in [0.3, 0.4) is 0 Å². The standard InChI is InChI=1S/C17H20FNO/c1-13-11-17(15(18)12-16(13)19)20-10-6-5-9-14-7-3-2-4-8-14/h2-4,7-8,11-12H,5-6,9-10,19H2,1H3. The van der Waals surface area contributed by atoms with Gasteiger partial charge in [0, 0.05) is 11.8 Å². The number of ether oxygens (including phenoxy) is 1. The molecule has 0 aliphatic rings. The summed E-state index contributed by atoms with van der Waals surface area (Å²) in [6.45, 7) is 2.37. The van der Waals surface area contributed by atoms with Crippen LogP contribution in [0.15, 0.2) is 42.5 Å². The van der Waals surface area contributed by atoms with E-state index < -0.39 is 5.82 Å². The molecular weight excluding hydrogens is 253 g/mol. The maximum absolute atomic E-state index is 13.6. The molecule has 0 bridgehead atoms. The van der Waals surface area contributed by atoms with Crippen LogP contribution in [0.4, 0.5) is 10.1 Å². The molecular formula is C17H20FNO. The molecule has 2 nitrogen and oxygen atoms in total. The average molecular weight is 273 g/mol. The molecule has 0 spiro atoms. The normalized spacial score (nSPS) is 10.5. The minimum absolute atomic E-state index is 0.288. The molecule has 20 heavy (non-hydrogen) atoms. The maximum atomic E-state index is 13.6. The highest BCUT2D eigenvalue weighted by Gasteiger charge is 2.06. The van der Waals surface area contributed by atoms with Crippen LogP contribution >= 0.6 is 0 Å². The fraction of sp³-hybridized carbons (Fsp3) is 0.294. The maximum Gasteiger partial charge on any atom is 0.167 e. The van der Waals surface area contributed by atoms with Crippen molar-refractivity contribution in [3.8, 4) is 5.75 Å². The molecule has 0 radical (unpaired) electrons. The second-order valence-electron chi connectivity index (χ2n) is 4.93. The second kappa shape index (κ2) is 6.94. The summed E-state index contributed by atoms with van der Waals surface area (Å²) in [5, 5.41) is 0. The van der Waals surface area contributed by atoms with Crippen molar-refractivity contribution in [2.75, 3.05) is 12.3 Å². The molecule has 0 fully saturated rings. The lowest BCUT2D eigenvalue weighted by Gasteiger charge is -2.09. The van der Waals surface area contributed by atoms with Crippen LogP contribution in [0.5, 0.6) is 5.75 Å². The largest absolute Gasteiger partial charge is 0.491 e. The van der Waals surface area contributed by atoms with Gasteiger partial charge in [0.1, 0.15) is 0 Å². The van der Waals surface area contributed by atoms with E-state index in [9.17, 15) is 4.39 Å². The predicted octanol–water partition coefficient (Wildman–Crippen LogP) is 4.12. The topological polar surface area (TPSA) is 35.2 Å². The molecule has 0 heterocycles. The minimum Gasteiger partial charge on any atom is -0.491 e. The van der Waals surface area contributed by atoms with E-state index in [1.165, 1.54) is 11.6 Å². The predicted molar refractivity (Wildman–Crippen MR) is 80.4 cm³/mol. The number of rotatable bonds is 6. The van der Waals surface area contributed by atoms with E-state index in [1.54, 1.807) is 6.07 Å². The van der Waals surface area contributed by atoms with Crippen molar-refractivity contribution in [1.82, 2.24) is 0 Å². The molecule has 2 N–H and O–H groups in total. The molecule has 2 aromatic carbocycles. The zero-order valence-corrected chi connectivity index (χ0v) is 11.7. The van der Waals surface area contributed by atoms with E-state index in [4.69, 9.17) is 10.5 Å². The van der Waals surface area contributed by atoms with Gasteiger partial charge >= 0.3 is 0 Å². The van der Waals surface area contributed by atoms with E-state index in [-0.39, 0.29) is 5.75 Å². The number of nitrogen functional groups attached to an aromatic ring is 1. The number of anilines is 1. The van der Waals surface area contributed by atoms with Gasteiger partial charge in [0.05, 0.1) is 6.61 Å². The molecule has 0 aromatic heterocycles. The van der Waals surface area contributed by atoms with E-state index >= 15 is 0 Å². The van der Waals surface area contributed by atoms with Gasteiger partial charge in [0.15, 0.2) is 11.6 Å². The highest BCUT2D eigenvalue weighted by Crippen LogP contribution is 2.23.